The standard InChI is InChI=1S/C15H22N2O3/c1-10(2)11(3)17(4)15(20)16-9-12-6-5-7-13(8-12)14(18)19/h5-8,10-11H,9H2,1-4H3,(H,16,20)(H,18,19). The van der Waals surface area contributed by atoms with Gasteiger partial charge in [0.1, 0.15) is 0 Å². The van der Waals surface area contributed by atoms with E-state index in [2.05, 4.69) is 19.2 Å². The van der Waals surface area contributed by atoms with Crippen LogP contribution in [0.5, 0.6) is 0 Å². The number of carbonyl (C=O) groups is 2. The summed E-state index contributed by atoms with van der Waals surface area (Å²) < 4.78 is 0. The number of nitrogens with zero attached hydrogens (tertiary/aromatic N) is 1. The molecule has 0 aliphatic carbocycles. The number of hydrogen-bond donors (Lipinski definition) is 2. The van der Waals surface area contributed by atoms with Crippen molar-refractivity contribution in [2.75, 3.05) is 7.05 Å². The van der Waals surface area contributed by atoms with E-state index in [1.807, 2.05) is 6.92 Å². The van der Waals surface area contributed by atoms with Gasteiger partial charge in [-0.3, -0.25) is 0 Å². The molecule has 1 aromatic rings. The largest absolute Gasteiger partial charge is 0.478 e. The van der Waals surface area contributed by atoms with E-state index < -0.39 is 5.97 Å². The fourth-order valence-electron chi connectivity index (χ4n) is 1.75. The van der Waals surface area contributed by atoms with Gasteiger partial charge in [0.25, 0.3) is 0 Å². The van der Waals surface area contributed by atoms with Crippen LogP contribution in [0.3, 0.4) is 0 Å². The smallest absolute Gasteiger partial charge is 0.335 e. The molecule has 0 saturated heterocycles. The number of aromatic carboxylic acids is 1. The number of carboxylic acid groups (broad SMARTS) is 1. The van der Waals surface area contributed by atoms with Crippen molar-refractivity contribution < 1.29 is 14.7 Å². The molecule has 0 aliphatic rings. The van der Waals surface area contributed by atoms with Crippen LogP contribution in [0.1, 0.15) is 36.7 Å². The molecule has 1 unspecified atom stereocenters. The van der Waals surface area contributed by atoms with Crippen LogP contribution in [0.4, 0.5) is 4.79 Å². The van der Waals surface area contributed by atoms with Gasteiger partial charge in [-0.2, -0.15) is 0 Å². The van der Waals surface area contributed by atoms with Crippen LogP contribution in [0.25, 0.3) is 0 Å². The lowest BCUT2D eigenvalue weighted by molar-refractivity contribution is 0.0696. The fraction of sp³-hybridized carbons (Fsp3) is 0.467. The molecule has 20 heavy (non-hydrogen) atoms. The van der Waals surface area contributed by atoms with Gasteiger partial charge in [-0.1, -0.05) is 26.0 Å². The Balaban J connectivity index is 2.61. The Morgan fingerprint density at radius 3 is 2.50 bits per heavy atom. The summed E-state index contributed by atoms with van der Waals surface area (Å²) in [4.78, 5) is 24.5. The van der Waals surface area contributed by atoms with Crippen molar-refractivity contribution in [3.63, 3.8) is 0 Å². The number of rotatable bonds is 5. The second-order valence-electron chi connectivity index (χ2n) is 5.26. The van der Waals surface area contributed by atoms with Crippen molar-refractivity contribution in [3.05, 3.63) is 35.4 Å². The summed E-state index contributed by atoms with van der Waals surface area (Å²) >= 11 is 0. The molecule has 0 fully saturated rings. The Morgan fingerprint density at radius 1 is 1.30 bits per heavy atom. The number of hydrogen-bond acceptors (Lipinski definition) is 2. The number of carbonyl (C=O) groups excluding carboxylic acids is 1. The van der Waals surface area contributed by atoms with Crippen LogP contribution in [-0.2, 0) is 6.54 Å². The summed E-state index contributed by atoms with van der Waals surface area (Å²) in [6.07, 6.45) is 0. The number of urea groups is 1. The van der Waals surface area contributed by atoms with E-state index in [4.69, 9.17) is 5.11 Å². The first-order valence-electron chi connectivity index (χ1n) is 6.65. The molecule has 2 N–H and O–H groups in total. The molecule has 0 aliphatic heterocycles. The van der Waals surface area contributed by atoms with Gasteiger partial charge in [-0.05, 0) is 30.5 Å². The van der Waals surface area contributed by atoms with Gasteiger partial charge in [-0.25, -0.2) is 9.59 Å². The maximum Gasteiger partial charge on any atom is 0.335 e. The van der Waals surface area contributed by atoms with Gasteiger partial charge in [0.15, 0.2) is 0 Å². The quantitative estimate of drug-likeness (QED) is 0.869. The van der Waals surface area contributed by atoms with Gasteiger partial charge < -0.3 is 15.3 Å². The molecule has 0 heterocycles. The molecule has 0 radical (unpaired) electrons. The van der Waals surface area contributed by atoms with Crippen molar-refractivity contribution in [2.45, 2.75) is 33.4 Å². The molecule has 1 rings (SSSR count). The van der Waals surface area contributed by atoms with E-state index >= 15 is 0 Å². The monoisotopic (exact) mass is 278 g/mol. The molecule has 2 amide bonds. The average molecular weight is 278 g/mol. The van der Waals surface area contributed by atoms with Crippen molar-refractivity contribution in [1.82, 2.24) is 10.2 Å². The summed E-state index contributed by atoms with van der Waals surface area (Å²) in [5, 5.41) is 11.7. The van der Waals surface area contributed by atoms with Crippen molar-refractivity contribution in [3.8, 4) is 0 Å². The highest BCUT2D eigenvalue weighted by atomic mass is 16.4. The molecular weight excluding hydrogens is 256 g/mol. The first kappa shape index (κ1) is 16.0. The van der Waals surface area contributed by atoms with E-state index in [1.54, 1.807) is 30.1 Å². The summed E-state index contributed by atoms with van der Waals surface area (Å²) in [6, 6.07) is 6.53. The Kier molecular flexibility index (Phi) is 5.55. The van der Waals surface area contributed by atoms with Gasteiger partial charge in [0, 0.05) is 19.6 Å². The van der Waals surface area contributed by atoms with E-state index in [9.17, 15) is 9.59 Å². The zero-order valence-corrected chi connectivity index (χ0v) is 12.4. The molecule has 110 valence electrons. The summed E-state index contributed by atoms with van der Waals surface area (Å²) in [5.41, 5.74) is 0.990. The highest BCUT2D eigenvalue weighted by molar-refractivity contribution is 5.87. The lowest BCUT2D eigenvalue weighted by Crippen LogP contribution is -2.44. The third-order valence-electron chi connectivity index (χ3n) is 3.51. The first-order chi connectivity index (χ1) is 9.32. The maximum absolute atomic E-state index is 12.0. The van der Waals surface area contributed by atoms with Crippen LogP contribution in [-0.4, -0.2) is 35.1 Å². The third kappa shape index (κ3) is 4.26. The molecule has 0 aromatic heterocycles. The first-order valence-corrected chi connectivity index (χ1v) is 6.65. The molecule has 0 bridgehead atoms. The van der Waals surface area contributed by atoms with Gasteiger partial charge in [0.05, 0.1) is 5.56 Å². The molecule has 1 aromatic carbocycles. The van der Waals surface area contributed by atoms with Crippen LogP contribution in [0.2, 0.25) is 0 Å². The maximum atomic E-state index is 12.0. The summed E-state index contributed by atoms with van der Waals surface area (Å²) in [5.74, 6) is -0.593. The Hall–Kier alpha value is -2.04. The molecule has 1 atom stereocenters. The molecule has 5 heteroatoms. The van der Waals surface area contributed by atoms with Crippen LogP contribution in [0, 0.1) is 5.92 Å². The normalized spacial score (nSPS) is 12.1. The number of amides is 2. The highest BCUT2D eigenvalue weighted by Gasteiger charge is 2.18. The minimum absolute atomic E-state index is 0.139. The third-order valence-corrected chi connectivity index (χ3v) is 3.51. The number of carboxylic acids is 1. The lowest BCUT2D eigenvalue weighted by atomic mass is 10.1. The SMILES string of the molecule is CC(C)C(C)N(C)C(=O)NCc1cccc(C(=O)O)c1. The minimum atomic E-state index is -0.969. The average Bonchev–Trinajstić information content (AvgIpc) is 2.43. The second kappa shape index (κ2) is 6.93. The van der Waals surface area contributed by atoms with Crippen LogP contribution < -0.4 is 5.32 Å². The Morgan fingerprint density at radius 2 is 1.95 bits per heavy atom. The van der Waals surface area contributed by atoms with Crippen molar-refractivity contribution in [2.24, 2.45) is 5.92 Å². The summed E-state index contributed by atoms with van der Waals surface area (Å²) in [6.45, 7) is 6.43. The second-order valence-corrected chi connectivity index (χ2v) is 5.26. The van der Waals surface area contributed by atoms with E-state index in [0.717, 1.165) is 5.56 Å². The Bertz CT molecular complexity index is 486. The molecule has 5 nitrogen and oxygen atoms in total. The van der Waals surface area contributed by atoms with Gasteiger partial charge >= 0.3 is 12.0 Å². The zero-order valence-electron chi connectivity index (χ0n) is 12.4. The zero-order chi connectivity index (χ0) is 15.3. The minimum Gasteiger partial charge on any atom is -0.478 e. The van der Waals surface area contributed by atoms with Crippen molar-refractivity contribution in [1.29, 1.82) is 0 Å². The number of benzene rings is 1. The lowest BCUT2D eigenvalue weighted by Gasteiger charge is -2.28. The molecule has 0 spiro atoms. The van der Waals surface area contributed by atoms with Crippen LogP contribution in [0.15, 0.2) is 24.3 Å². The summed E-state index contributed by atoms with van der Waals surface area (Å²) in [7, 11) is 1.76. The van der Waals surface area contributed by atoms with E-state index in [-0.39, 0.29) is 17.6 Å². The Labute approximate surface area is 119 Å². The van der Waals surface area contributed by atoms with E-state index in [1.165, 1.54) is 6.07 Å². The number of nitrogens with one attached hydrogen (secondary N) is 1. The van der Waals surface area contributed by atoms with Gasteiger partial charge in [0.2, 0.25) is 0 Å². The highest BCUT2D eigenvalue weighted by Crippen LogP contribution is 2.09. The predicted molar refractivity (Wildman–Crippen MR) is 77.7 cm³/mol. The fourth-order valence-corrected chi connectivity index (χ4v) is 1.75. The van der Waals surface area contributed by atoms with E-state index in [0.29, 0.717) is 12.5 Å². The molecule has 0 saturated carbocycles. The predicted octanol–water partition coefficient (Wildman–Crippen LogP) is 2.57. The topological polar surface area (TPSA) is 69.6 Å². The van der Waals surface area contributed by atoms with Gasteiger partial charge in [-0.15, -0.1) is 0 Å². The van der Waals surface area contributed by atoms with Crippen LogP contribution >= 0.6 is 0 Å². The molecular formula is C15H22N2O3. The van der Waals surface area contributed by atoms with Crippen molar-refractivity contribution >= 4 is 12.0 Å².